The number of sulfonamides is 1. The number of carbonyl (C=O) groups excluding carboxylic acids is 1. The number of hydrogen-bond acceptors (Lipinski definition) is 4. The molecule has 0 spiro atoms. The van der Waals surface area contributed by atoms with E-state index in [9.17, 15) is 13.2 Å². The van der Waals surface area contributed by atoms with Gasteiger partial charge in [0, 0.05) is 24.3 Å². The number of nitrogens with zero attached hydrogens (tertiary/aromatic N) is 1. The molecule has 1 N–H and O–H groups in total. The second kappa shape index (κ2) is 7.70. The lowest BCUT2D eigenvalue weighted by atomic mass is 10.1. The van der Waals surface area contributed by atoms with Crippen molar-refractivity contribution in [3.8, 4) is 0 Å². The third-order valence-corrected chi connectivity index (χ3v) is 5.75. The topological polar surface area (TPSA) is 75.7 Å². The lowest BCUT2D eigenvalue weighted by Crippen LogP contribution is -2.48. The van der Waals surface area contributed by atoms with Crippen molar-refractivity contribution >= 4 is 21.6 Å². The van der Waals surface area contributed by atoms with E-state index in [1.807, 2.05) is 26.8 Å². The summed E-state index contributed by atoms with van der Waals surface area (Å²) in [5.41, 5.74) is 1.79. The van der Waals surface area contributed by atoms with Gasteiger partial charge in [-0.25, -0.2) is 8.42 Å². The van der Waals surface area contributed by atoms with Crippen LogP contribution in [-0.2, 0) is 14.8 Å². The SMILES string of the molecule is Cc1cccc(NS(=O)(=O)c2cccc(C(=O)N3C[C@H](C)O[C@@H](C)C3)c2)c1. The van der Waals surface area contributed by atoms with Crippen LogP contribution in [0, 0.1) is 6.92 Å². The normalized spacial score (nSPS) is 20.3. The monoisotopic (exact) mass is 388 g/mol. The van der Waals surface area contributed by atoms with E-state index in [0.29, 0.717) is 24.3 Å². The number of ether oxygens (including phenoxy) is 1. The van der Waals surface area contributed by atoms with Crippen LogP contribution in [0.4, 0.5) is 5.69 Å². The third kappa shape index (κ3) is 4.67. The van der Waals surface area contributed by atoms with Gasteiger partial charge >= 0.3 is 0 Å². The van der Waals surface area contributed by atoms with Gasteiger partial charge in [0.15, 0.2) is 0 Å². The van der Waals surface area contributed by atoms with Gasteiger partial charge in [-0.2, -0.15) is 0 Å². The molecule has 1 aliphatic rings. The van der Waals surface area contributed by atoms with Crippen LogP contribution < -0.4 is 4.72 Å². The second-order valence-corrected chi connectivity index (χ2v) is 8.65. The number of amides is 1. The van der Waals surface area contributed by atoms with Gasteiger partial charge in [-0.05, 0) is 56.7 Å². The maximum atomic E-state index is 12.8. The quantitative estimate of drug-likeness (QED) is 0.873. The summed E-state index contributed by atoms with van der Waals surface area (Å²) in [5, 5.41) is 0. The van der Waals surface area contributed by atoms with Crippen LogP contribution >= 0.6 is 0 Å². The zero-order valence-corrected chi connectivity index (χ0v) is 16.5. The summed E-state index contributed by atoms with van der Waals surface area (Å²) in [7, 11) is -3.78. The minimum Gasteiger partial charge on any atom is -0.372 e. The molecular formula is C20H24N2O4S. The summed E-state index contributed by atoms with van der Waals surface area (Å²) in [6.07, 6.45) is -0.0970. The molecule has 2 atom stereocenters. The molecule has 1 amide bonds. The zero-order chi connectivity index (χ0) is 19.6. The Hall–Kier alpha value is -2.38. The molecule has 0 saturated carbocycles. The van der Waals surface area contributed by atoms with Crippen LogP contribution in [0.15, 0.2) is 53.4 Å². The van der Waals surface area contributed by atoms with Gasteiger partial charge in [0.05, 0.1) is 17.1 Å². The minimum absolute atomic E-state index is 0.0485. The highest BCUT2D eigenvalue weighted by Gasteiger charge is 2.27. The fourth-order valence-electron chi connectivity index (χ4n) is 3.25. The number of morpholine rings is 1. The molecule has 144 valence electrons. The van der Waals surface area contributed by atoms with E-state index < -0.39 is 10.0 Å². The summed E-state index contributed by atoms with van der Waals surface area (Å²) in [4.78, 5) is 14.6. The Labute approximate surface area is 160 Å². The molecule has 0 aliphatic carbocycles. The molecule has 7 heteroatoms. The van der Waals surface area contributed by atoms with E-state index in [-0.39, 0.29) is 23.0 Å². The summed E-state index contributed by atoms with van der Waals surface area (Å²) in [6, 6.07) is 13.3. The van der Waals surface area contributed by atoms with Crippen molar-refractivity contribution in [2.75, 3.05) is 17.8 Å². The van der Waals surface area contributed by atoms with Gasteiger partial charge in [-0.1, -0.05) is 18.2 Å². The van der Waals surface area contributed by atoms with Crippen molar-refractivity contribution in [2.45, 2.75) is 37.9 Å². The summed E-state index contributed by atoms with van der Waals surface area (Å²) >= 11 is 0. The molecule has 1 saturated heterocycles. The Kier molecular flexibility index (Phi) is 5.53. The van der Waals surface area contributed by atoms with Gasteiger partial charge in [0.2, 0.25) is 0 Å². The largest absolute Gasteiger partial charge is 0.372 e. The van der Waals surface area contributed by atoms with Crippen molar-refractivity contribution in [2.24, 2.45) is 0 Å². The highest BCUT2D eigenvalue weighted by Crippen LogP contribution is 2.20. The number of anilines is 1. The van der Waals surface area contributed by atoms with Crippen molar-refractivity contribution in [1.29, 1.82) is 0 Å². The Bertz CT molecular complexity index is 933. The molecule has 0 unspecified atom stereocenters. The van der Waals surface area contributed by atoms with E-state index >= 15 is 0 Å². The Balaban J connectivity index is 1.83. The third-order valence-electron chi connectivity index (χ3n) is 4.37. The van der Waals surface area contributed by atoms with Gasteiger partial charge in [0.25, 0.3) is 15.9 Å². The van der Waals surface area contributed by atoms with Gasteiger partial charge in [-0.3, -0.25) is 9.52 Å². The molecule has 2 aromatic rings. The maximum absolute atomic E-state index is 12.8. The van der Waals surface area contributed by atoms with E-state index in [1.165, 1.54) is 12.1 Å². The molecule has 0 radical (unpaired) electrons. The standard InChI is InChI=1S/C20H24N2O4S/c1-14-6-4-8-18(10-14)21-27(24,25)19-9-5-7-17(11-19)20(23)22-12-15(2)26-16(3)13-22/h4-11,15-16,21H,12-13H2,1-3H3/t15-,16-/m0/s1. The van der Waals surface area contributed by atoms with Gasteiger partial charge < -0.3 is 9.64 Å². The van der Waals surface area contributed by atoms with Crippen LogP contribution in [0.2, 0.25) is 0 Å². The Morgan fingerprint density at radius 3 is 2.41 bits per heavy atom. The molecule has 1 aliphatic heterocycles. The second-order valence-electron chi connectivity index (χ2n) is 6.97. The van der Waals surface area contributed by atoms with Crippen LogP contribution in [-0.4, -0.2) is 44.5 Å². The van der Waals surface area contributed by atoms with Crippen LogP contribution in [0.3, 0.4) is 0 Å². The van der Waals surface area contributed by atoms with Crippen molar-refractivity contribution < 1.29 is 17.9 Å². The van der Waals surface area contributed by atoms with E-state index in [0.717, 1.165) is 5.56 Å². The smallest absolute Gasteiger partial charge is 0.261 e. The first-order valence-electron chi connectivity index (χ1n) is 8.89. The molecule has 27 heavy (non-hydrogen) atoms. The number of hydrogen-bond donors (Lipinski definition) is 1. The first-order valence-corrected chi connectivity index (χ1v) is 10.4. The average Bonchev–Trinajstić information content (AvgIpc) is 2.60. The van der Waals surface area contributed by atoms with Crippen molar-refractivity contribution in [3.05, 3.63) is 59.7 Å². The van der Waals surface area contributed by atoms with Crippen molar-refractivity contribution in [1.82, 2.24) is 4.90 Å². The lowest BCUT2D eigenvalue weighted by Gasteiger charge is -2.35. The summed E-state index contributed by atoms with van der Waals surface area (Å²) < 4.78 is 33.6. The highest BCUT2D eigenvalue weighted by atomic mass is 32.2. The first kappa shape index (κ1) is 19.4. The van der Waals surface area contributed by atoms with Gasteiger partial charge in [0.1, 0.15) is 0 Å². The molecule has 0 aromatic heterocycles. The van der Waals surface area contributed by atoms with E-state index in [2.05, 4.69) is 4.72 Å². The molecule has 1 fully saturated rings. The molecule has 2 aromatic carbocycles. The summed E-state index contributed by atoms with van der Waals surface area (Å²) in [5.74, 6) is -0.190. The molecule has 3 rings (SSSR count). The average molecular weight is 388 g/mol. The van der Waals surface area contributed by atoms with Crippen molar-refractivity contribution in [3.63, 3.8) is 0 Å². The van der Waals surface area contributed by atoms with E-state index in [4.69, 9.17) is 4.74 Å². The predicted molar refractivity (Wildman–Crippen MR) is 104 cm³/mol. The number of benzene rings is 2. The molecule has 1 heterocycles. The van der Waals surface area contributed by atoms with Crippen LogP contribution in [0.5, 0.6) is 0 Å². The number of aryl methyl sites for hydroxylation is 1. The fourth-order valence-corrected chi connectivity index (χ4v) is 4.34. The van der Waals surface area contributed by atoms with Gasteiger partial charge in [-0.15, -0.1) is 0 Å². The minimum atomic E-state index is -3.78. The van der Waals surface area contributed by atoms with E-state index in [1.54, 1.807) is 35.2 Å². The summed E-state index contributed by atoms with van der Waals surface area (Å²) in [6.45, 7) is 6.70. The predicted octanol–water partition coefficient (Wildman–Crippen LogP) is 3.05. The zero-order valence-electron chi connectivity index (χ0n) is 15.7. The first-order chi connectivity index (χ1) is 12.7. The number of nitrogens with one attached hydrogen (secondary N) is 1. The number of carbonyl (C=O) groups is 1. The molecule has 6 nitrogen and oxygen atoms in total. The van der Waals surface area contributed by atoms with Crippen LogP contribution in [0.25, 0.3) is 0 Å². The maximum Gasteiger partial charge on any atom is 0.261 e. The Morgan fingerprint density at radius 2 is 1.74 bits per heavy atom. The number of rotatable bonds is 4. The fraction of sp³-hybridized carbons (Fsp3) is 0.350. The van der Waals surface area contributed by atoms with Crippen LogP contribution in [0.1, 0.15) is 29.8 Å². The highest BCUT2D eigenvalue weighted by molar-refractivity contribution is 7.92. The molecule has 0 bridgehead atoms. The lowest BCUT2D eigenvalue weighted by molar-refractivity contribution is -0.0586. The Morgan fingerprint density at radius 1 is 1.07 bits per heavy atom. The molecular weight excluding hydrogens is 364 g/mol.